The number of hydrogen-bond acceptors (Lipinski definition) is 8. The summed E-state index contributed by atoms with van der Waals surface area (Å²) in [5.74, 6) is 1.77. The standard InChI is InChI=1S/C24H24BrClN4O4S/c1-5-34-22(31)19-13(2)27-23-28-24(35-12-14-8-6-7-9-17(14)26)29-30(23)20(19)15-10-16(25)21(33-4)18(11-15)32-3/h6-11,20H,5,12H2,1-4H3,(H,27,28,29). The van der Waals surface area contributed by atoms with Gasteiger partial charge >= 0.3 is 5.97 Å². The van der Waals surface area contributed by atoms with E-state index in [9.17, 15) is 4.79 Å². The Balaban J connectivity index is 1.78. The normalized spacial score (nSPS) is 14.9. The highest BCUT2D eigenvalue weighted by molar-refractivity contribution is 9.10. The van der Waals surface area contributed by atoms with Crippen molar-refractivity contribution in [2.45, 2.75) is 30.8 Å². The maximum Gasteiger partial charge on any atom is 0.338 e. The van der Waals surface area contributed by atoms with E-state index in [0.717, 1.165) is 11.1 Å². The Morgan fingerprint density at radius 3 is 2.71 bits per heavy atom. The number of carbonyl (C=O) groups is 1. The molecule has 1 atom stereocenters. The maximum absolute atomic E-state index is 13.1. The highest BCUT2D eigenvalue weighted by Gasteiger charge is 2.36. The van der Waals surface area contributed by atoms with Gasteiger partial charge in [-0.05, 0) is 59.1 Å². The van der Waals surface area contributed by atoms with Crippen molar-refractivity contribution < 1.29 is 19.0 Å². The van der Waals surface area contributed by atoms with Gasteiger partial charge in [-0.2, -0.15) is 4.98 Å². The molecule has 4 rings (SSSR count). The molecule has 1 aliphatic heterocycles. The Bertz CT molecular complexity index is 1300. The zero-order valence-corrected chi connectivity index (χ0v) is 22.8. The summed E-state index contributed by atoms with van der Waals surface area (Å²) in [6, 6.07) is 10.8. The number of nitrogens with zero attached hydrogens (tertiary/aromatic N) is 3. The summed E-state index contributed by atoms with van der Waals surface area (Å²) in [5, 5.41) is 9.19. The summed E-state index contributed by atoms with van der Waals surface area (Å²) < 4.78 is 18.8. The number of carbonyl (C=O) groups excluding carboxylic acids is 1. The lowest BCUT2D eigenvalue weighted by Gasteiger charge is -2.28. The summed E-state index contributed by atoms with van der Waals surface area (Å²) in [5.41, 5.74) is 2.82. The van der Waals surface area contributed by atoms with Gasteiger partial charge in [-0.15, -0.1) is 5.10 Å². The largest absolute Gasteiger partial charge is 0.493 e. The van der Waals surface area contributed by atoms with Crippen LogP contribution in [0, 0.1) is 0 Å². The number of anilines is 1. The first-order valence-corrected chi connectivity index (χ1v) is 12.9. The predicted molar refractivity (Wildman–Crippen MR) is 139 cm³/mol. The monoisotopic (exact) mass is 578 g/mol. The molecule has 1 unspecified atom stereocenters. The van der Waals surface area contributed by atoms with Gasteiger partial charge in [0, 0.05) is 16.5 Å². The van der Waals surface area contributed by atoms with Crippen LogP contribution in [0.3, 0.4) is 0 Å². The first-order chi connectivity index (χ1) is 16.9. The lowest BCUT2D eigenvalue weighted by atomic mass is 9.95. The molecule has 8 nitrogen and oxygen atoms in total. The number of aromatic nitrogens is 3. The zero-order valence-electron chi connectivity index (χ0n) is 19.6. The molecule has 0 spiro atoms. The van der Waals surface area contributed by atoms with Crippen molar-refractivity contribution in [1.82, 2.24) is 14.8 Å². The molecule has 1 aromatic heterocycles. The van der Waals surface area contributed by atoms with Gasteiger partial charge < -0.3 is 19.5 Å². The van der Waals surface area contributed by atoms with Crippen LogP contribution < -0.4 is 14.8 Å². The number of allylic oxidation sites excluding steroid dienone is 1. The lowest BCUT2D eigenvalue weighted by Crippen LogP contribution is -2.29. The van der Waals surface area contributed by atoms with Gasteiger partial charge in [-0.1, -0.05) is 41.6 Å². The molecule has 0 bridgehead atoms. The molecule has 0 aliphatic carbocycles. The molecule has 3 aromatic rings. The third kappa shape index (κ3) is 5.14. The van der Waals surface area contributed by atoms with E-state index in [2.05, 4.69) is 26.2 Å². The molecule has 35 heavy (non-hydrogen) atoms. The third-order valence-corrected chi connectivity index (χ3v) is 7.26. The van der Waals surface area contributed by atoms with E-state index in [4.69, 9.17) is 30.9 Å². The molecule has 2 aromatic carbocycles. The topological polar surface area (TPSA) is 87.5 Å². The van der Waals surface area contributed by atoms with Crippen LogP contribution in [-0.2, 0) is 15.3 Å². The summed E-state index contributed by atoms with van der Waals surface area (Å²) in [7, 11) is 3.13. The van der Waals surface area contributed by atoms with Crippen molar-refractivity contribution in [3.63, 3.8) is 0 Å². The Hall–Kier alpha value is -2.69. The first-order valence-electron chi connectivity index (χ1n) is 10.8. The second-order valence-electron chi connectivity index (χ2n) is 7.57. The second kappa shape index (κ2) is 10.9. The van der Waals surface area contributed by atoms with E-state index in [1.54, 1.807) is 25.8 Å². The number of esters is 1. The molecule has 184 valence electrons. The molecule has 0 fully saturated rings. The summed E-state index contributed by atoms with van der Waals surface area (Å²) in [6.07, 6.45) is 0. The fraction of sp³-hybridized carbons (Fsp3) is 0.292. The highest BCUT2D eigenvalue weighted by atomic mass is 79.9. The smallest absolute Gasteiger partial charge is 0.338 e. The van der Waals surface area contributed by atoms with Gasteiger partial charge in [0.25, 0.3) is 0 Å². The van der Waals surface area contributed by atoms with E-state index in [-0.39, 0.29) is 6.61 Å². The minimum absolute atomic E-state index is 0.251. The van der Waals surface area contributed by atoms with Crippen LogP contribution in [0.2, 0.25) is 5.02 Å². The Morgan fingerprint density at radius 2 is 2.03 bits per heavy atom. The summed E-state index contributed by atoms with van der Waals surface area (Å²) in [6.45, 7) is 3.85. The van der Waals surface area contributed by atoms with Gasteiger partial charge in [-0.3, -0.25) is 0 Å². The fourth-order valence-electron chi connectivity index (χ4n) is 3.83. The number of methoxy groups -OCH3 is 2. The quantitative estimate of drug-likeness (QED) is 0.262. The van der Waals surface area contributed by atoms with E-state index in [1.807, 2.05) is 43.3 Å². The zero-order chi connectivity index (χ0) is 25.1. The minimum Gasteiger partial charge on any atom is -0.493 e. The molecular weight excluding hydrogens is 556 g/mol. The number of nitrogens with one attached hydrogen (secondary N) is 1. The molecule has 2 heterocycles. The first kappa shape index (κ1) is 25.4. The van der Waals surface area contributed by atoms with Crippen molar-refractivity contribution in [2.75, 3.05) is 26.1 Å². The predicted octanol–water partition coefficient (Wildman–Crippen LogP) is 5.86. The fourth-order valence-corrected chi connectivity index (χ4v) is 5.56. The number of rotatable bonds is 8. The number of hydrogen-bond donors (Lipinski definition) is 1. The summed E-state index contributed by atoms with van der Waals surface area (Å²) >= 11 is 11.3. The molecule has 0 amide bonds. The Morgan fingerprint density at radius 1 is 1.26 bits per heavy atom. The van der Waals surface area contributed by atoms with Gasteiger partial charge in [0.15, 0.2) is 11.5 Å². The average molecular weight is 580 g/mol. The van der Waals surface area contributed by atoms with Gasteiger partial charge in [0.1, 0.15) is 6.04 Å². The molecule has 1 aliphatic rings. The molecule has 0 saturated heterocycles. The van der Waals surface area contributed by atoms with Crippen molar-refractivity contribution in [2.24, 2.45) is 0 Å². The third-order valence-electron chi connectivity index (χ3n) is 5.41. The number of halogens is 2. The average Bonchev–Trinajstić information content (AvgIpc) is 3.24. The molecular formula is C24H24BrClN4O4S. The second-order valence-corrected chi connectivity index (χ2v) is 9.77. The van der Waals surface area contributed by atoms with Crippen molar-refractivity contribution in [1.29, 1.82) is 0 Å². The maximum atomic E-state index is 13.1. The van der Waals surface area contributed by atoms with Gasteiger partial charge in [0.2, 0.25) is 11.1 Å². The lowest BCUT2D eigenvalue weighted by molar-refractivity contribution is -0.139. The Labute approximate surface area is 221 Å². The van der Waals surface area contributed by atoms with Crippen molar-refractivity contribution in [3.05, 3.63) is 68.3 Å². The summed E-state index contributed by atoms with van der Waals surface area (Å²) in [4.78, 5) is 17.7. The molecule has 11 heteroatoms. The van der Waals surface area contributed by atoms with Crippen LogP contribution in [0.15, 0.2) is 57.3 Å². The van der Waals surface area contributed by atoms with E-state index in [1.165, 1.54) is 11.8 Å². The van der Waals surface area contributed by atoms with E-state index < -0.39 is 12.0 Å². The minimum atomic E-state index is -0.594. The van der Waals surface area contributed by atoms with Crippen molar-refractivity contribution in [3.8, 4) is 11.5 Å². The molecule has 0 radical (unpaired) electrons. The van der Waals surface area contributed by atoms with Crippen LogP contribution in [-0.4, -0.2) is 41.6 Å². The van der Waals surface area contributed by atoms with Crippen LogP contribution in [0.25, 0.3) is 0 Å². The number of ether oxygens (including phenoxy) is 3. The van der Waals surface area contributed by atoms with Crippen LogP contribution in [0.4, 0.5) is 5.95 Å². The number of fused-ring (bicyclic) bond motifs is 1. The molecule has 1 N–H and O–H groups in total. The molecule has 0 saturated carbocycles. The number of thioether (sulfide) groups is 1. The van der Waals surface area contributed by atoms with Gasteiger partial charge in [0.05, 0.1) is 30.9 Å². The van der Waals surface area contributed by atoms with Gasteiger partial charge in [-0.25, -0.2) is 9.48 Å². The van der Waals surface area contributed by atoms with E-state index >= 15 is 0 Å². The van der Waals surface area contributed by atoms with Crippen LogP contribution in [0.5, 0.6) is 11.5 Å². The Kier molecular flexibility index (Phi) is 7.93. The SMILES string of the molecule is CCOC(=O)C1=C(C)Nc2nc(SCc3ccccc3Cl)nn2C1c1cc(Br)c(OC)c(OC)c1. The number of benzene rings is 2. The highest BCUT2D eigenvalue weighted by Crippen LogP contribution is 2.43. The van der Waals surface area contributed by atoms with Crippen molar-refractivity contribution >= 4 is 51.2 Å². The van der Waals surface area contributed by atoms with Crippen LogP contribution >= 0.6 is 39.3 Å². The van der Waals surface area contributed by atoms with E-state index in [0.29, 0.717) is 49.1 Å². The van der Waals surface area contributed by atoms with Crippen LogP contribution in [0.1, 0.15) is 31.0 Å².